The van der Waals surface area contributed by atoms with Crippen molar-refractivity contribution in [2.75, 3.05) is 11.1 Å². The molecule has 0 saturated heterocycles. The predicted molar refractivity (Wildman–Crippen MR) is 74.7 cm³/mol. The second kappa shape index (κ2) is 5.10. The fraction of sp³-hybridized carbons (Fsp3) is 0.133. The Balaban J connectivity index is 2.30. The largest absolute Gasteiger partial charge is 0.399 e. The molecule has 0 saturated carbocycles. The van der Waals surface area contributed by atoms with E-state index >= 15 is 0 Å². The highest BCUT2D eigenvalue weighted by molar-refractivity contribution is 6.05. The molecule has 2 aromatic carbocycles. The zero-order valence-corrected chi connectivity index (χ0v) is 10.8. The van der Waals surface area contributed by atoms with Gasteiger partial charge in [0, 0.05) is 11.4 Å². The van der Waals surface area contributed by atoms with E-state index in [0.717, 1.165) is 5.56 Å². The number of halogens is 1. The lowest BCUT2D eigenvalue weighted by molar-refractivity contribution is 0.102. The summed E-state index contributed by atoms with van der Waals surface area (Å²) in [4.78, 5) is 12.0. The van der Waals surface area contributed by atoms with E-state index in [1.807, 2.05) is 25.1 Å². The van der Waals surface area contributed by atoms with Gasteiger partial charge < -0.3 is 11.1 Å². The van der Waals surface area contributed by atoms with Gasteiger partial charge in [-0.3, -0.25) is 4.79 Å². The van der Waals surface area contributed by atoms with E-state index in [2.05, 4.69) is 5.32 Å². The number of carbonyl (C=O) groups is 1. The van der Waals surface area contributed by atoms with Crippen molar-refractivity contribution in [3.63, 3.8) is 0 Å². The molecule has 1 amide bonds. The molecule has 4 heteroatoms. The highest BCUT2D eigenvalue weighted by atomic mass is 19.1. The first-order chi connectivity index (χ1) is 8.97. The first-order valence-electron chi connectivity index (χ1n) is 5.91. The minimum absolute atomic E-state index is 0.0426. The third kappa shape index (κ3) is 2.91. The van der Waals surface area contributed by atoms with Crippen LogP contribution in [0.5, 0.6) is 0 Å². The second-order valence-electron chi connectivity index (χ2n) is 4.52. The number of nitrogen functional groups attached to an aromatic ring is 1. The molecule has 0 aliphatic rings. The number of carbonyl (C=O) groups excluding carboxylic acids is 1. The lowest BCUT2D eigenvalue weighted by atomic mass is 10.1. The monoisotopic (exact) mass is 258 g/mol. The van der Waals surface area contributed by atoms with Gasteiger partial charge in [0.05, 0.1) is 5.56 Å². The molecular formula is C15H15FN2O. The van der Waals surface area contributed by atoms with Crippen molar-refractivity contribution in [1.82, 2.24) is 0 Å². The molecule has 0 heterocycles. The molecule has 0 aromatic heterocycles. The number of anilines is 2. The van der Waals surface area contributed by atoms with Crippen LogP contribution in [-0.2, 0) is 0 Å². The summed E-state index contributed by atoms with van der Waals surface area (Å²) in [6.45, 7) is 3.50. The van der Waals surface area contributed by atoms with Gasteiger partial charge in [-0.15, -0.1) is 0 Å². The summed E-state index contributed by atoms with van der Waals surface area (Å²) in [5.74, 6) is -1.04. The predicted octanol–water partition coefficient (Wildman–Crippen LogP) is 3.28. The maximum absolute atomic E-state index is 13.9. The quantitative estimate of drug-likeness (QED) is 0.812. The smallest absolute Gasteiger partial charge is 0.258 e. The fourth-order valence-corrected chi connectivity index (χ4v) is 1.88. The molecule has 0 aliphatic carbocycles. The van der Waals surface area contributed by atoms with Gasteiger partial charge in [0.2, 0.25) is 0 Å². The molecule has 0 aliphatic heterocycles. The summed E-state index contributed by atoms with van der Waals surface area (Å²) >= 11 is 0. The van der Waals surface area contributed by atoms with Crippen LogP contribution >= 0.6 is 0 Å². The second-order valence-corrected chi connectivity index (χ2v) is 4.52. The Morgan fingerprint density at radius 1 is 1.21 bits per heavy atom. The van der Waals surface area contributed by atoms with Crippen LogP contribution in [-0.4, -0.2) is 5.91 Å². The lowest BCUT2D eigenvalue weighted by Crippen LogP contribution is -2.15. The number of benzene rings is 2. The Bertz CT molecular complexity index is 638. The van der Waals surface area contributed by atoms with Crippen molar-refractivity contribution in [2.45, 2.75) is 13.8 Å². The Hall–Kier alpha value is -2.36. The Morgan fingerprint density at radius 2 is 1.95 bits per heavy atom. The van der Waals surface area contributed by atoms with Gasteiger partial charge in [0.15, 0.2) is 0 Å². The normalized spacial score (nSPS) is 10.3. The molecule has 2 aromatic rings. The van der Waals surface area contributed by atoms with Crippen LogP contribution in [0.2, 0.25) is 0 Å². The maximum atomic E-state index is 13.9. The van der Waals surface area contributed by atoms with Crippen LogP contribution in [0.25, 0.3) is 0 Å². The minimum Gasteiger partial charge on any atom is -0.399 e. The van der Waals surface area contributed by atoms with Crippen LogP contribution in [0.15, 0.2) is 36.4 Å². The van der Waals surface area contributed by atoms with Crippen molar-refractivity contribution < 1.29 is 9.18 Å². The molecular weight excluding hydrogens is 243 g/mol. The van der Waals surface area contributed by atoms with Crippen molar-refractivity contribution in [3.8, 4) is 0 Å². The highest BCUT2D eigenvalue weighted by Crippen LogP contribution is 2.19. The average molecular weight is 258 g/mol. The molecule has 3 nitrogen and oxygen atoms in total. The van der Waals surface area contributed by atoms with E-state index in [4.69, 9.17) is 5.73 Å². The van der Waals surface area contributed by atoms with E-state index in [1.54, 1.807) is 13.0 Å². The highest BCUT2D eigenvalue weighted by Gasteiger charge is 2.14. The molecule has 0 radical (unpaired) electrons. The standard InChI is InChI=1S/C15H15FN2O/c1-9-4-3-5-12(6-9)18-15(19)13-8-11(17)7-10(2)14(13)16/h3-8H,17H2,1-2H3,(H,18,19). The van der Waals surface area contributed by atoms with E-state index < -0.39 is 11.7 Å². The molecule has 0 bridgehead atoms. The summed E-state index contributed by atoms with van der Waals surface area (Å²) in [5.41, 5.74) is 7.96. The van der Waals surface area contributed by atoms with E-state index in [-0.39, 0.29) is 5.56 Å². The number of hydrogen-bond acceptors (Lipinski definition) is 2. The maximum Gasteiger partial charge on any atom is 0.258 e. The van der Waals surface area contributed by atoms with Crippen LogP contribution in [0.4, 0.5) is 15.8 Å². The molecule has 98 valence electrons. The summed E-state index contributed by atoms with van der Waals surface area (Å²) in [5, 5.41) is 2.66. The number of aryl methyl sites for hydroxylation is 2. The Labute approximate surface area is 111 Å². The average Bonchev–Trinajstić information content (AvgIpc) is 2.33. The third-order valence-electron chi connectivity index (χ3n) is 2.80. The summed E-state index contributed by atoms with van der Waals surface area (Å²) < 4.78 is 13.9. The third-order valence-corrected chi connectivity index (χ3v) is 2.80. The van der Waals surface area contributed by atoms with Crippen molar-refractivity contribution in [2.24, 2.45) is 0 Å². The van der Waals surface area contributed by atoms with Gasteiger partial charge in [0.1, 0.15) is 5.82 Å². The number of nitrogens with one attached hydrogen (secondary N) is 1. The summed E-state index contributed by atoms with van der Waals surface area (Å²) in [7, 11) is 0. The fourth-order valence-electron chi connectivity index (χ4n) is 1.88. The topological polar surface area (TPSA) is 55.1 Å². The zero-order valence-electron chi connectivity index (χ0n) is 10.8. The SMILES string of the molecule is Cc1cccc(NC(=O)c2cc(N)cc(C)c2F)c1. The molecule has 0 spiro atoms. The minimum atomic E-state index is -0.542. The van der Waals surface area contributed by atoms with Crippen LogP contribution in [0, 0.1) is 19.7 Å². The van der Waals surface area contributed by atoms with Gasteiger partial charge in [-0.1, -0.05) is 12.1 Å². The van der Waals surface area contributed by atoms with Crippen molar-refractivity contribution in [1.29, 1.82) is 0 Å². The van der Waals surface area contributed by atoms with Gasteiger partial charge in [-0.05, 0) is 49.2 Å². The van der Waals surface area contributed by atoms with Crippen LogP contribution in [0.3, 0.4) is 0 Å². The molecule has 0 unspecified atom stereocenters. The number of nitrogens with two attached hydrogens (primary N) is 1. The number of amides is 1. The molecule has 3 N–H and O–H groups in total. The molecule has 0 atom stereocenters. The zero-order chi connectivity index (χ0) is 14.0. The first kappa shape index (κ1) is 13.1. The van der Waals surface area contributed by atoms with E-state index in [1.165, 1.54) is 12.1 Å². The van der Waals surface area contributed by atoms with Crippen molar-refractivity contribution in [3.05, 3.63) is 58.9 Å². The molecule has 0 fully saturated rings. The van der Waals surface area contributed by atoms with E-state index in [0.29, 0.717) is 16.9 Å². The van der Waals surface area contributed by atoms with Crippen LogP contribution in [0.1, 0.15) is 21.5 Å². The van der Waals surface area contributed by atoms with Gasteiger partial charge in [-0.25, -0.2) is 4.39 Å². The molecule has 2 rings (SSSR count). The Kier molecular flexibility index (Phi) is 3.51. The Morgan fingerprint density at radius 3 is 2.63 bits per heavy atom. The lowest BCUT2D eigenvalue weighted by Gasteiger charge is -2.09. The van der Waals surface area contributed by atoms with Gasteiger partial charge >= 0.3 is 0 Å². The van der Waals surface area contributed by atoms with Crippen molar-refractivity contribution >= 4 is 17.3 Å². The van der Waals surface area contributed by atoms with Crippen LogP contribution < -0.4 is 11.1 Å². The summed E-state index contributed by atoms with van der Waals surface area (Å²) in [6.07, 6.45) is 0. The van der Waals surface area contributed by atoms with E-state index in [9.17, 15) is 9.18 Å². The van der Waals surface area contributed by atoms with Gasteiger partial charge in [0.25, 0.3) is 5.91 Å². The number of rotatable bonds is 2. The van der Waals surface area contributed by atoms with Gasteiger partial charge in [-0.2, -0.15) is 0 Å². The summed E-state index contributed by atoms with van der Waals surface area (Å²) in [6, 6.07) is 10.1. The number of hydrogen-bond donors (Lipinski definition) is 2. The first-order valence-corrected chi connectivity index (χ1v) is 5.91. The molecule has 19 heavy (non-hydrogen) atoms.